The van der Waals surface area contributed by atoms with Crippen LogP contribution in [0.2, 0.25) is 15.9 Å². The fraction of sp³-hybridized carbons (Fsp3) is 0.393. The average molecular weight is 1500 g/mol. The van der Waals surface area contributed by atoms with Crippen LogP contribution in [0, 0.1) is 42.4 Å². The van der Waals surface area contributed by atoms with Crippen molar-refractivity contribution in [2.75, 3.05) is 43.6 Å². The summed E-state index contributed by atoms with van der Waals surface area (Å²) in [7, 11) is 0. The van der Waals surface area contributed by atoms with Crippen molar-refractivity contribution in [3.05, 3.63) is 84.6 Å². The van der Waals surface area contributed by atoms with Crippen LogP contribution in [0.15, 0.2) is 51.7 Å². The van der Waals surface area contributed by atoms with Crippen molar-refractivity contribution in [2.45, 2.75) is 106 Å². The zero-order chi connectivity index (χ0) is 72.1. The molecule has 0 bridgehead atoms. The molecular weight excluding hydrogens is 1440 g/mol. The van der Waals surface area contributed by atoms with Gasteiger partial charge in [-0.2, -0.15) is 29.9 Å². The van der Waals surface area contributed by atoms with Gasteiger partial charge in [0.15, 0.2) is 88.7 Å². The highest BCUT2D eigenvalue weighted by Gasteiger charge is 2.59. The van der Waals surface area contributed by atoms with Gasteiger partial charge in [0.25, 0.3) is 11.8 Å². The third-order valence-corrected chi connectivity index (χ3v) is 17.9. The molecule has 526 valence electrons. The molecule has 0 radical (unpaired) electrons. The third kappa shape index (κ3) is 14.5. The Morgan fingerprint density at radius 1 is 0.600 bits per heavy atom. The van der Waals surface area contributed by atoms with E-state index in [9.17, 15) is 39.6 Å². The van der Waals surface area contributed by atoms with Crippen molar-refractivity contribution in [1.82, 2.24) is 84.5 Å². The van der Waals surface area contributed by atoms with Gasteiger partial charge in [0, 0.05) is 23.1 Å². The van der Waals surface area contributed by atoms with Gasteiger partial charge in [-0.3, -0.25) is 38.5 Å². The van der Waals surface area contributed by atoms with E-state index in [1.807, 2.05) is 0 Å². The first kappa shape index (κ1) is 73.6. The zero-order valence-corrected chi connectivity index (χ0v) is 56.3. The second kappa shape index (κ2) is 30.8. The number of nitrogens with one attached hydrogen (secondary N) is 2. The first-order valence-corrected chi connectivity index (χ1v) is 32.6. The van der Waals surface area contributed by atoms with Gasteiger partial charge in [-0.1, -0.05) is 17.8 Å². The van der Waals surface area contributed by atoms with Crippen LogP contribution in [0.4, 0.5) is 17.5 Å². The third-order valence-electron chi connectivity index (χ3n) is 15.6. The number of halogens is 3. The van der Waals surface area contributed by atoms with Crippen LogP contribution in [0.25, 0.3) is 33.5 Å². The number of esters is 2. The maximum absolute atomic E-state index is 12.6. The molecule has 3 unspecified atom stereocenters. The predicted molar refractivity (Wildman–Crippen MR) is 347 cm³/mol. The number of amides is 2. The summed E-state index contributed by atoms with van der Waals surface area (Å²) in [5.74, 6) is 4.09. The molecule has 0 spiro atoms. The number of aliphatic hydroxyl groups excluding tert-OH is 2. The Bertz CT molecular complexity index is 4400. The number of nitrogens with two attached hydrogens (primary N) is 3. The van der Waals surface area contributed by atoms with Crippen molar-refractivity contribution in [1.29, 1.82) is 0 Å². The van der Waals surface area contributed by atoms with E-state index >= 15 is 0 Å². The number of imidazole rings is 3. The Kier molecular flexibility index (Phi) is 22.7. The number of carbonyl (C=O) groups is 4. The van der Waals surface area contributed by atoms with Gasteiger partial charge in [0.05, 0.1) is 84.4 Å². The number of ether oxygens (including phenoxy) is 8. The van der Waals surface area contributed by atoms with Crippen LogP contribution in [0.1, 0.15) is 74.8 Å². The zero-order valence-electron chi connectivity index (χ0n) is 51.6. The first-order chi connectivity index (χ1) is 47.8. The molecule has 3 aliphatic rings. The second-order valence-corrected chi connectivity index (χ2v) is 24.7. The number of nitrogen functional groups attached to an aromatic ring is 3. The second-order valence-electron chi connectivity index (χ2n) is 21.5. The molecule has 14 N–H and O–H groups in total. The van der Waals surface area contributed by atoms with Gasteiger partial charge in [-0.25, -0.2) is 45.7 Å². The number of hydrogen-bond donors (Lipinski definition) is 11. The number of anilines is 3. The van der Waals surface area contributed by atoms with E-state index in [1.165, 1.54) is 95.6 Å². The van der Waals surface area contributed by atoms with Gasteiger partial charge in [0.1, 0.15) is 47.1 Å². The van der Waals surface area contributed by atoms with E-state index < -0.39 is 127 Å². The quantitative estimate of drug-likeness (QED) is 0.0167. The lowest BCUT2D eigenvalue weighted by Gasteiger charge is -2.30. The molecule has 2 amide bonds. The van der Waals surface area contributed by atoms with E-state index in [2.05, 4.69) is 77.6 Å². The number of thiazole rings is 3. The molecule has 0 aromatic carbocycles. The smallest absolute Gasteiger partial charge is 0.341 e. The highest BCUT2D eigenvalue weighted by Crippen LogP contribution is 2.47. The fourth-order valence-electron chi connectivity index (χ4n) is 10.5. The minimum Gasteiger partial charge on any atom is -0.464 e. The predicted octanol–water partition coefficient (Wildman–Crippen LogP) is 1.12. The Labute approximate surface area is 589 Å². The number of fused-ring (bicyclic) bond motifs is 3. The average Bonchev–Trinajstić information content (AvgIpc) is 1.60. The lowest BCUT2D eigenvalue weighted by Crippen LogP contribution is -2.48. The molecule has 9 aromatic rings. The standard InChI is InChI=1S/C22H23ClN6O6S.2C17H16ClN7O6S/c1-5-22(4)13(7-33-15(20(31)32-6-2)12-8-36-10-26-12)35-19(16(22)34-11(3)30)29-9-25-14-17(24)27-21(23)28-18(14)29;2*1-2-17(28)8(3-30-10(14(27)24-29)7-4-32-6-21-7)31-15(11(17)26)25-5-20-9-12(19)22-16(18)23-13(9)25/h1,8-10,13,15-16,19H,6-7H2,2-4H3,(H2,24,27,28);2*1,4-6,8,10-11,15,26,28-29H,3H2,(H,24,27)(H2,19,22,23)/t13-,15?,16+,19-,22+;2*8-,10?,11+,15-,17-/m111/s1. The Morgan fingerprint density at radius 2 is 0.960 bits per heavy atom. The lowest BCUT2D eigenvalue weighted by atomic mass is 9.81. The number of hydrogen-bond acceptors (Lipinski definition) is 36. The van der Waals surface area contributed by atoms with E-state index in [1.54, 1.807) is 35.5 Å². The van der Waals surface area contributed by atoms with E-state index in [-0.39, 0.29) is 91.4 Å². The van der Waals surface area contributed by atoms with E-state index in [0.29, 0.717) is 5.69 Å². The molecule has 44 heteroatoms. The SMILES string of the molecule is C#C[C@@]1(C)[C@@H](COC(C(=O)OCC)c2cscn2)O[C@@H](n2cnc3c(N)nc(Cl)nc32)[C@@H]1OC(C)=O.C#C[C@@]1(O)[C@@H](COC(C(=O)NO)c2cscn2)O[C@@H](n2cnc3c(N)nc(Cl)nc32)[C@@H]1O.C#C[C@@]1(O)[C@@H](COC(C(=O)NO)c2cscn2)O[C@@H](n2cnc3c(N)nc(Cl)nc32)[C@@H]1O. The molecular formula is C56H55Cl3N20O18S3. The summed E-state index contributed by atoms with van der Waals surface area (Å²) in [5, 5.41) is 65.9. The number of hydroxylamine groups is 2. The molecule has 0 saturated carbocycles. The molecule has 38 nitrogen and oxygen atoms in total. The van der Waals surface area contributed by atoms with Crippen LogP contribution in [-0.2, 0) is 57.1 Å². The van der Waals surface area contributed by atoms with Crippen LogP contribution >= 0.6 is 68.8 Å². The largest absolute Gasteiger partial charge is 0.464 e. The van der Waals surface area contributed by atoms with Crippen molar-refractivity contribution in [3.8, 4) is 37.0 Å². The number of nitrogens with zero attached hydrogens (tertiary/aromatic N) is 15. The fourth-order valence-corrected chi connectivity index (χ4v) is 12.8. The van der Waals surface area contributed by atoms with Gasteiger partial charge >= 0.3 is 11.9 Å². The van der Waals surface area contributed by atoms with Gasteiger partial charge < -0.3 is 75.5 Å². The minimum absolute atomic E-state index is 0.0134. The summed E-state index contributed by atoms with van der Waals surface area (Å²) in [5.41, 5.74) is 21.6. The first-order valence-electron chi connectivity index (χ1n) is 28.7. The normalized spacial score (nSPS) is 25.5. The van der Waals surface area contributed by atoms with Crippen LogP contribution in [-0.4, -0.2) is 202 Å². The molecule has 9 aromatic heterocycles. The van der Waals surface area contributed by atoms with Crippen molar-refractivity contribution in [2.24, 2.45) is 5.41 Å². The Hall–Kier alpha value is -9.11. The summed E-state index contributed by atoms with van der Waals surface area (Å²) >= 11 is 21.5. The monoisotopic (exact) mass is 1500 g/mol. The Morgan fingerprint density at radius 3 is 1.30 bits per heavy atom. The van der Waals surface area contributed by atoms with E-state index in [4.69, 9.17) is 120 Å². The van der Waals surface area contributed by atoms with Gasteiger partial charge in [-0.05, 0) is 48.7 Å². The number of aliphatic hydroxyl groups is 4. The summed E-state index contributed by atoms with van der Waals surface area (Å²) in [6.07, 6.45) is 6.09. The van der Waals surface area contributed by atoms with Crippen molar-refractivity contribution >= 4 is 144 Å². The molecule has 3 aliphatic heterocycles. The highest BCUT2D eigenvalue weighted by atomic mass is 35.5. The molecule has 12 rings (SSSR count). The van der Waals surface area contributed by atoms with Gasteiger partial charge in [-0.15, -0.1) is 53.3 Å². The number of aromatic nitrogens is 15. The summed E-state index contributed by atoms with van der Waals surface area (Å²) in [6, 6.07) is 0. The van der Waals surface area contributed by atoms with Crippen LogP contribution in [0.3, 0.4) is 0 Å². The van der Waals surface area contributed by atoms with E-state index in [0.717, 1.165) is 0 Å². The molecule has 12 heterocycles. The summed E-state index contributed by atoms with van der Waals surface area (Å²) < 4.78 is 49.8. The lowest BCUT2D eigenvalue weighted by molar-refractivity contribution is -0.162. The number of terminal acetylenes is 3. The summed E-state index contributed by atoms with van der Waals surface area (Å²) in [6.45, 7) is 3.82. The maximum atomic E-state index is 12.6. The highest BCUT2D eigenvalue weighted by molar-refractivity contribution is 7.08. The minimum atomic E-state index is -2.20. The van der Waals surface area contributed by atoms with Crippen molar-refractivity contribution in [3.63, 3.8) is 0 Å². The number of rotatable bonds is 20. The topological polar surface area (TPSA) is 535 Å². The molecule has 3 fully saturated rings. The Balaban J connectivity index is 0.000000162. The molecule has 100 heavy (non-hydrogen) atoms. The van der Waals surface area contributed by atoms with Gasteiger partial charge in [0.2, 0.25) is 15.9 Å². The molecule has 3 saturated heterocycles. The molecule has 0 aliphatic carbocycles. The maximum Gasteiger partial charge on any atom is 0.341 e. The van der Waals surface area contributed by atoms with Crippen LogP contribution < -0.4 is 28.2 Å². The van der Waals surface area contributed by atoms with Crippen molar-refractivity contribution < 1.29 is 87.9 Å². The number of carbonyl (C=O) groups excluding carboxylic acids is 4. The molecule has 15 atom stereocenters. The van der Waals surface area contributed by atoms with Crippen LogP contribution in [0.5, 0.6) is 0 Å². The summed E-state index contributed by atoms with van der Waals surface area (Å²) in [4.78, 5) is 97.0.